The van der Waals surface area contributed by atoms with E-state index in [1.54, 1.807) is 23.6 Å². The molecule has 0 radical (unpaired) electrons. The Morgan fingerprint density at radius 1 is 1.17 bits per heavy atom. The summed E-state index contributed by atoms with van der Waals surface area (Å²) in [4.78, 5) is 20.8. The van der Waals surface area contributed by atoms with Crippen molar-refractivity contribution in [2.45, 2.75) is 13.0 Å². The molecule has 0 aliphatic carbocycles. The van der Waals surface area contributed by atoms with E-state index < -0.39 is 0 Å². The maximum absolute atomic E-state index is 12.0. The van der Waals surface area contributed by atoms with Gasteiger partial charge >= 0.3 is 0 Å². The zero-order valence-electron chi connectivity index (χ0n) is 13.2. The smallest absolute Gasteiger partial charge is 0.244 e. The van der Waals surface area contributed by atoms with Gasteiger partial charge in [0.25, 0.3) is 0 Å². The third-order valence-electron chi connectivity index (χ3n) is 3.41. The van der Waals surface area contributed by atoms with Crippen molar-refractivity contribution >= 4 is 23.3 Å². The minimum absolute atomic E-state index is 0.145. The molecule has 0 saturated heterocycles. The average molecular weight is 335 g/mol. The van der Waals surface area contributed by atoms with Gasteiger partial charge in [-0.05, 0) is 25.1 Å². The van der Waals surface area contributed by atoms with E-state index in [1.807, 2.05) is 60.8 Å². The third kappa shape index (κ3) is 4.14. The summed E-state index contributed by atoms with van der Waals surface area (Å²) in [6, 6.07) is 15.4. The molecule has 0 aliphatic rings. The van der Waals surface area contributed by atoms with Crippen molar-refractivity contribution in [2.24, 2.45) is 0 Å². The number of benzene rings is 1. The zero-order chi connectivity index (χ0) is 16.8. The van der Waals surface area contributed by atoms with Crippen LogP contribution in [0.1, 0.15) is 23.7 Å². The number of aromatic nitrogens is 2. The molecule has 3 aromatic rings. The van der Waals surface area contributed by atoms with Crippen LogP contribution >= 0.6 is 11.3 Å². The lowest BCUT2D eigenvalue weighted by Gasteiger charge is -2.08. The first-order chi connectivity index (χ1) is 11.7. The molecule has 1 aromatic carbocycles. The second-order valence-electron chi connectivity index (χ2n) is 5.26. The van der Waals surface area contributed by atoms with Gasteiger partial charge in [-0.15, -0.1) is 11.3 Å². The van der Waals surface area contributed by atoms with E-state index in [2.05, 4.69) is 15.3 Å². The van der Waals surface area contributed by atoms with Gasteiger partial charge in [0.15, 0.2) is 0 Å². The molecule has 0 bridgehead atoms. The molecule has 0 saturated carbocycles. The van der Waals surface area contributed by atoms with Gasteiger partial charge in [0.2, 0.25) is 5.91 Å². The Hall–Kier alpha value is -2.79. The summed E-state index contributed by atoms with van der Waals surface area (Å²) in [5.41, 5.74) is 2.76. The predicted molar refractivity (Wildman–Crippen MR) is 97.4 cm³/mol. The molecule has 5 heteroatoms. The fraction of sp³-hybridized carbons (Fsp3) is 0.105. The highest BCUT2D eigenvalue weighted by molar-refractivity contribution is 7.10. The fourth-order valence-corrected chi connectivity index (χ4v) is 3.02. The SMILES string of the molecule is C[C@H](NC(=O)/C=C\c1ccccn1)c1nc(-c2ccccc2)cs1. The summed E-state index contributed by atoms with van der Waals surface area (Å²) in [6.07, 6.45) is 4.88. The van der Waals surface area contributed by atoms with Crippen molar-refractivity contribution < 1.29 is 4.79 Å². The number of pyridine rings is 1. The maximum atomic E-state index is 12.0. The normalized spacial score (nSPS) is 12.2. The van der Waals surface area contributed by atoms with Crippen LogP contribution in [0.15, 0.2) is 66.2 Å². The number of hydrogen-bond acceptors (Lipinski definition) is 4. The number of carbonyl (C=O) groups is 1. The first-order valence-electron chi connectivity index (χ1n) is 7.63. The Balaban J connectivity index is 1.63. The third-order valence-corrected chi connectivity index (χ3v) is 4.44. The Bertz CT molecular complexity index is 828. The number of nitrogens with one attached hydrogen (secondary N) is 1. The van der Waals surface area contributed by atoms with E-state index in [9.17, 15) is 4.79 Å². The number of amides is 1. The predicted octanol–water partition coefficient (Wildman–Crippen LogP) is 4.10. The lowest BCUT2D eigenvalue weighted by atomic mass is 10.2. The van der Waals surface area contributed by atoms with Crippen LogP contribution in [0.3, 0.4) is 0 Å². The monoisotopic (exact) mass is 335 g/mol. The molecular formula is C19H17N3OS. The second-order valence-corrected chi connectivity index (χ2v) is 6.14. The van der Waals surface area contributed by atoms with Crippen LogP contribution in [-0.2, 0) is 4.79 Å². The fourth-order valence-electron chi connectivity index (χ4n) is 2.19. The first-order valence-corrected chi connectivity index (χ1v) is 8.51. The van der Waals surface area contributed by atoms with E-state index in [1.165, 1.54) is 6.08 Å². The molecule has 3 rings (SSSR count). The number of hydrogen-bond donors (Lipinski definition) is 1. The van der Waals surface area contributed by atoms with Crippen LogP contribution in [0.5, 0.6) is 0 Å². The Morgan fingerprint density at radius 3 is 2.71 bits per heavy atom. The van der Waals surface area contributed by atoms with Crippen molar-refractivity contribution in [3.05, 3.63) is 76.9 Å². The van der Waals surface area contributed by atoms with Crippen molar-refractivity contribution in [3.63, 3.8) is 0 Å². The Labute approximate surface area is 144 Å². The summed E-state index contributed by atoms with van der Waals surface area (Å²) in [5.74, 6) is -0.162. The van der Waals surface area contributed by atoms with Gasteiger partial charge in [-0.2, -0.15) is 0 Å². The van der Waals surface area contributed by atoms with Gasteiger partial charge in [-0.3, -0.25) is 9.78 Å². The van der Waals surface area contributed by atoms with Gasteiger partial charge < -0.3 is 5.32 Å². The summed E-state index contributed by atoms with van der Waals surface area (Å²) in [5, 5.41) is 5.82. The molecule has 0 unspecified atom stereocenters. The molecular weight excluding hydrogens is 318 g/mol. The van der Waals surface area contributed by atoms with E-state index in [0.29, 0.717) is 0 Å². The molecule has 2 aromatic heterocycles. The summed E-state index contributed by atoms with van der Waals surface area (Å²) >= 11 is 1.55. The molecule has 2 heterocycles. The van der Waals surface area contributed by atoms with Gasteiger partial charge in [0.1, 0.15) is 5.01 Å². The molecule has 1 amide bonds. The quantitative estimate of drug-likeness (QED) is 0.714. The summed E-state index contributed by atoms with van der Waals surface area (Å²) in [6.45, 7) is 1.93. The molecule has 120 valence electrons. The van der Waals surface area contributed by atoms with Crippen molar-refractivity contribution in [3.8, 4) is 11.3 Å². The van der Waals surface area contributed by atoms with Crippen LogP contribution in [0, 0.1) is 0 Å². The molecule has 4 nitrogen and oxygen atoms in total. The minimum atomic E-state index is -0.162. The molecule has 1 atom stereocenters. The van der Waals surface area contributed by atoms with Gasteiger partial charge in [-0.1, -0.05) is 36.4 Å². The standard InChI is InChI=1S/C19H17N3OS/c1-14(21-18(23)11-10-16-9-5-6-12-20-16)19-22-17(13-24-19)15-7-3-2-4-8-15/h2-14H,1H3,(H,21,23)/b11-10-/t14-/m0/s1. The minimum Gasteiger partial charge on any atom is -0.344 e. The molecule has 0 aliphatic heterocycles. The van der Waals surface area contributed by atoms with Crippen LogP contribution < -0.4 is 5.32 Å². The summed E-state index contributed by atoms with van der Waals surface area (Å²) in [7, 11) is 0. The van der Waals surface area contributed by atoms with Gasteiger partial charge in [0, 0.05) is 23.2 Å². The van der Waals surface area contributed by atoms with Crippen LogP contribution in [0.4, 0.5) is 0 Å². The van der Waals surface area contributed by atoms with Gasteiger partial charge in [-0.25, -0.2) is 4.98 Å². The number of rotatable bonds is 5. The van der Waals surface area contributed by atoms with Gasteiger partial charge in [0.05, 0.1) is 17.4 Å². The lowest BCUT2D eigenvalue weighted by Crippen LogP contribution is -2.24. The van der Waals surface area contributed by atoms with E-state index >= 15 is 0 Å². The van der Waals surface area contributed by atoms with Crippen molar-refractivity contribution in [1.29, 1.82) is 0 Å². The van der Waals surface area contributed by atoms with Crippen molar-refractivity contribution in [1.82, 2.24) is 15.3 Å². The lowest BCUT2D eigenvalue weighted by molar-refractivity contribution is -0.117. The van der Waals surface area contributed by atoms with Crippen LogP contribution in [-0.4, -0.2) is 15.9 Å². The number of carbonyl (C=O) groups excluding carboxylic acids is 1. The highest BCUT2D eigenvalue weighted by atomic mass is 32.1. The van der Waals surface area contributed by atoms with E-state index in [0.717, 1.165) is 22.0 Å². The number of thiazole rings is 1. The molecule has 24 heavy (non-hydrogen) atoms. The van der Waals surface area contributed by atoms with E-state index in [4.69, 9.17) is 0 Å². The Kier molecular flexibility index (Phi) is 5.13. The second kappa shape index (κ2) is 7.66. The highest BCUT2D eigenvalue weighted by Gasteiger charge is 2.12. The average Bonchev–Trinajstić information content (AvgIpc) is 3.12. The topological polar surface area (TPSA) is 54.9 Å². The zero-order valence-corrected chi connectivity index (χ0v) is 14.0. The molecule has 1 N–H and O–H groups in total. The van der Waals surface area contributed by atoms with Crippen molar-refractivity contribution in [2.75, 3.05) is 0 Å². The van der Waals surface area contributed by atoms with Crippen LogP contribution in [0.2, 0.25) is 0 Å². The number of nitrogens with zero attached hydrogens (tertiary/aromatic N) is 2. The first kappa shape index (κ1) is 16.1. The largest absolute Gasteiger partial charge is 0.344 e. The molecule has 0 spiro atoms. The highest BCUT2D eigenvalue weighted by Crippen LogP contribution is 2.25. The maximum Gasteiger partial charge on any atom is 0.244 e. The summed E-state index contributed by atoms with van der Waals surface area (Å²) < 4.78 is 0. The van der Waals surface area contributed by atoms with E-state index in [-0.39, 0.29) is 11.9 Å². The molecule has 0 fully saturated rings. The Morgan fingerprint density at radius 2 is 1.96 bits per heavy atom. The van der Waals surface area contributed by atoms with Crippen LogP contribution in [0.25, 0.3) is 17.3 Å².